The Labute approximate surface area is 128 Å². The lowest BCUT2D eigenvalue weighted by atomic mass is 10.1. The Kier molecular flexibility index (Phi) is 4.20. The molecule has 2 aromatic carbocycles. The van der Waals surface area contributed by atoms with E-state index < -0.39 is 0 Å². The van der Waals surface area contributed by atoms with Crippen LogP contribution >= 0.6 is 15.9 Å². The van der Waals surface area contributed by atoms with Crippen LogP contribution < -0.4 is 5.32 Å². The minimum Gasteiger partial charge on any atom is -0.392 e. The van der Waals surface area contributed by atoms with E-state index in [0.29, 0.717) is 6.04 Å². The smallest absolute Gasteiger partial charge is 0.0681 e. The second kappa shape index (κ2) is 6.08. The van der Waals surface area contributed by atoms with Gasteiger partial charge in [0.05, 0.1) is 6.61 Å². The molecule has 0 amide bonds. The van der Waals surface area contributed by atoms with Crippen molar-refractivity contribution < 1.29 is 5.11 Å². The zero-order valence-corrected chi connectivity index (χ0v) is 12.9. The normalized spacial score (nSPS) is 17.2. The maximum absolute atomic E-state index is 9.04. The zero-order chi connectivity index (χ0) is 13.9. The van der Waals surface area contributed by atoms with E-state index in [4.69, 9.17) is 5.11 Å². The molecule has 3 heteroatoms. The first-order valence-corrected chi connectivity index (χ1v) is 7.76. The molecular weight excluding hydrogens is 314 g/mol. The number of hydrogen-bond acceptors (Lipinski definition) is 2. The highest BCUT2D eigenvalue weighted by molar-refractivity contribution is 9.10. The Morgan fingerprint density at radius 2 is 1.85 bits per heavy atom. The summed E-state index contributed by atoms with van der Waals surface area (Å²) in [7, 11) is 0. The predicted octanol–water partition coefficient (Wildman–Crippen LogP) is 3.72. The summed E-state index contributed by atoms with van der Waals surface area (Å²) in [5.41, 5.74) is 5.10. The fourth-order valence-electron chi connectivity index (χ4n) is 2.80. The molecule has 2 aromatic rings. The van der Waals surface area contributed by atoms with Crippen LogP contribution in [0.25, 0.3) is 0 Å². The molecule has 0 saturated heterocycles. The van der Waals surface area contributed by atoms with Crippen molar-refractivity contribution in [3.63, 3.8) is 0 Å². The average molecular weight is 332 g/mol. The number of hydrogen-bond donors (Lipinski definition) is 2. The SMILES string of the molecule is OCc1ccc(CNC2CCc3cc(Br)ccc32)cc1. The molecule has 0 bridgehead atoms. The molecule has 0 fully saturated rings. The van der Waals surface area contributed by atoms with E-state index in [2.05, 4.69) is 51.6 Å². The molecule has 0 aromatic heterocycles. The van der Waals surface area contributed by atoms with Crippen molar-refractivity contribution in [3.05, 3.63) is 69.2 Å². The van der Waals surface area contributed by atoms with E-state index >= 15 is 0 Å². The fraction of sp³-hybridized carbons (Fsp3) is 0.294. The highest BCUT2D eigenvalue weighted by Gasteiger charge is 2.21. The number of benzene rings is 2. The Balaban J connectivity index is 1.65. The Morgan fingerprint density at radius 3 is 2.60 bits per heavy atom. The average Bonchev–Trinajstić information content (AvgIpc) is 2.88. The van der Waals surface area contributed by atoms with Gasteiger partial charge >= 0.3 is 0 Å². The van der Waals surface area contributed by atoms with Gasteiger partial charge in [0.1, 0.15) is 0 Å². The third kappa shape index (κ3) is 2.95. The lowest BCUT2D eigenvalue weighted by Gasteiger charge is -2.14. The molecule has 0 radical (unpaired) electrons. The monoisotopic (exact) mass is 331 g/mol. The summed E-state index contributed by atoms with van der Waals surface area (Å²) >= 11 is 3.53. The van der Waals surface area contributed by atoms with E-state index in [0.717, 1.165) is 23.0 Å². The van der Waals surface area contributed by atoms with Crippen LogP contribution in [0.2, 0.25) is 0 Å². The van der Waals surface area contributed by atoms with Crippen molar-refractivity contribution in [1.29, 1.82) is 0 Å². The lowest BCUT2D eigenvalue weighted by Crippen LogP contribution is -2.18. The van der Waals surface area contributed by atoms with Crippen molar-refractivity contribution in [2.24, 2.45) is 0 Å². The van der Waals surface area contributed by atoms with Crippen LogP contribution in [0.1, 0.15) is 34.7 Å². The minimum absolute atomic E-state index is 0.110. The quantitative estimate of drug-likeness (QED) is 0.894. The van der Waals surface area contributed by atoms with Crippen LogP contribution in [-0.2, 0) is 19.6 Å². The van der Waals surface area contributed by atoms with E-state index in [1.54, 1.807) is 0 Å². The number of fused-ring (bicyclic) bond motifs is 1. The van der Waals surface area contributed by atoms with Gasteiger partial charge in [-0.3, -0.25) is 0 Å². The lowest BCUT2D eigenvalue weighted by molar-refractivity contribution is 0.282. The number of aliphatic hydroxyl groups is 1. The van der Waals surface area contributed by atoms with Crippen LogP contribution in [0.4, 0.5) is 0 Å². The molecule has 2 N–H and O–H groups in total. The Bertz CT molecular complexity index is 594. The van der Waals surface area contributed by atoms with Gasteiger partial charge in [-0.25, -0.2) is 0 Å². The van der Waals surface area contributed by atoms with E-state index in [1.165, 1.54) is 23.1 Å². The maximum atomic E-state index is 9.04. The summed E-state index contributed by atoms with van der Waals surface area (Å²) in [5.74, 6) is 0. The first kappa shape index (κ1) is 13.8. The molecule has 1 atom stereocenters. The highest BCUT2D eigenvalue weighted by Crippen LogP contribution is 2.33. The van der Waals surface area contributed by atoms with Crippen molar-refractivity contribution in [1.82, 2.24) is 5.32 Å². The summed E-state index contributed by atoms with van der Waals surface area (Å²) in [6, 6.07) is 15.1. The Morgan fingerprint density at radius 1 is 1.10 bits per heavy atom. The van der Waals surface area contributed by atoms with Crippen molar-refractivity contribution in [3.8, 4) is 0 Å². The number of nitrogens with one attached hydrogen (secondary N) is 1. The third-order valence-corrected chi connectivity index (χ3v) is 4.43. The zero-order valence-electron chi connectivity index (χ0n) is 11.3. The summed E-state index contributed by atoms with van der Waals surface area (Å²) in [6.07, 6.45) is 2.32. The molecular formula is C17H18BrNO. The van der Waals surface area contributed by atoms with Crippen LogP contribution in [0.5, 0.6) is 0 Å². The summed E-state index contributed by atoms with van der Waals surface area (Å²) in [4.78, 5) is 0. The molecule has 1 aliphatic carbocycles. The van der Waals surface area contributed by atoms with Gasteiger partial charge in [0, 0.05) is 17.1 Å². The molecule has 0 heterocycles. The Hall–Kier alpha value is -1.16. The van der Waals surface area contributed by atoms with Crippen LogP contribution in [0.15, 0.2) is 46.9 Å². The second-order valence-electron chi connectivity index (χ2n) is 5.29. The number of aliphatic hydroxyl groups excluding tert-OH is 1. The van der Waals surface area contributed by atoms with Crippen LogP contribution in [-0.4, -0.2) is 5.11 Å². The third-order valence-electron chi connectivity index (χ3n) is 3.94. The van der Waals surface area contributed by atoms with Crippen molar-refractivity contribution in [2.75, 3.05) is 0 Å². The van der Waals surface area contributed by atoms with Gasteiger partial charge in [0.2, 0.25) is 0 Å². The fourth-order valence-corrected chi connectivity index (χ4v) is 3.21. The van der Waals surface area contributed by atoms with Gasteiger partial charge in [0.15, 0.2) is 0 Å². The maximum Gasteiger partial charge on any atom is 0.0681 e. The van der Waals surface area contributed by atoms with E-state index in [9.17, 15) is 0 Å². The number of rotatable bonds is 4. The largest absolute Gasteiger partial charge is 0.392 e. The topological polar surface area (TPSA) is 32.3 Å². The van der Waals surface area contributed by atoms with E-state index in [1.807, 2.05) is 12.1 Å². The number of halogens is 1. The van der Waals surface area contributed by atoms with Gasteiger partial charge in [0.25, 0.3) is 0 Å². The summed E-state index contributed by atoms with van der Waals surface area (Å²) < 4.78 is 1.16. The predicted molar refractivity (Wildman–Crippen MR) is 84.4 cm³/mol. The first-order chi connectivity index (χ1) is 9.76. The first-order valence-electron chi connectivity index (χ1n) is 6.96. The molecule has 2 nitrogen and oxygen atoms in total. The van der Waals surface area contributed by atoms with Crippen molar-refractivity contribution >= 4 is 15.9 Å². The second-order valence-corrected chi connectivity index (χ2v) is 6.21. The molecule has 1 aliphatic rings. The number of aryl methyl sites for hydroxylation is 1. The molecule has 3 rings (SSSR count). The molecule has 0 aliphatic heterocycles. The molecule has 104 valence electrons. The molecule has 20 heavy (non-hydrogen) atoms. The highest BCUT2D eigenvalue weighted by atomic mass is 79.9. The van der Waals surface area contributed by atoms with Gasteiger partial charge in [-0.15, -0.1) is 0 Å². The van der Waals surface area contributed by atoms with Crippen LogP contribution in [0, 0.1) is 0 Å². The molecule has 0 spiro atoms. The minimum atomic E-state index is 0.110. The summed E-state index contributed by atoms with van der Waals surface area (Å²) in [5, 5.41) is 12.7. The van der Waals surface area contributed by atoms with Crippen LogP contribution in [0.3, 0.4) is 0 Å². The van der Waals surface area contributed by atoms with E-state index in [-0.39, 0.29) is 6.61 Å². The molecule has 1 unspecified atom stereocenters. The van der Waals surface area contributed by atoms with Gasteiger partial charge in [-0.05, 0) is 47.2 Å². The van der Waals surface area contributed by atoms with Gasteiger partial charge < -0.3 is 10.4 Å². The summed E-state index contributed by atoms with van der Waals surface area (Å²) in [6.45, 7) is 0.977. The van der Waals surface area contributed by atoms with Crippen molar-refractivity contribution in [2.45, 2.75) is 32.0 Å². The molecule has 0 saturated carbocycles. The standard InChI is InChI=1S/C17H18BrNO/c18-15-6-7-16-14(9-15)5-8-17(16)19-10-12-1-3-13(11-20)4-2-12/h1-4,6-7,9,17,19-20H,5,8,10-11H2. The van der Waals surface area contributed by atoms with Gasteiger partial charge in [-0.1, -0.05) is 46.3 Å². The van der Waals surface area contributed by atoms with Gasteiger partial charge in [-0.2, -0.15) is 0 Å².